The van der Waals surface area contributed by atoms with Crippen LogP contribution in [0.1, 0.15) is 0 Å². The molecule has 122 valence electrons. The van der Waals surface area contributed by atoms with Crippen LogP contribution in [0.3, 0.4) is 0 Å². The summed E-state index contributed by atoms with van der Waals surface area (Å²) in [6.45, 7) is -0.0814. The Hall–Kier alpha value is -2.72. The van der Waals surface area contributed by atoms with Crippen molar-refractivity contribution < 1.29 is 14.3 Å². The van der Waals surface area contributed by atoms with Gasteiger partial charge in [0.25, 0.3) is 5.91 Å². The number of hydrogen-bond donors (Lipinski definition) is 1. The van der Waals surface area contributed by atoms with Crippen molar-refractivity contribution in [3.05, 3.63) is 65.7 Å². The van der Waals surface area contributed by atoms with Crippen LogP contribution in [0, 0.1) is 0 Å². The van der Waals surface area contributed by atoms with Crippen LogP contribution in [0.25, 0.3) is 10.8 Å². The lowest BCUT2D eigenvalue weighted by atomic mass is 10.1. The fraction of sp³-hybridized carbons (Fsp3) is 0.105. The summed E-state index contributed by atoms with van der Waals surface area (Å²) >= 11 is 5.82. The topological polar surface area (TPSA) is 47.6 Å². The Bertz CT molecular complexity index is 862. The highest BCUT2D eigenvalue weighted by Crippen LogP contribution is 2.31. The molecule has 0 aromatic heterocycles. The Morgan fingerprint density at radius 2 is 1.71 bits per heavy atom. The summed E-state index contributed by atoms with van der Waals surface area (Å²) in [4.78, 5) is 12.2. The van der Waals surface area contributed by atoms with Crippen molar-refractivity contribution in [3.8, 4) is 11.5 Å². The molecular weight excluding hydrogens is 326 g/mol. The van der Waals surface area contributed by atoms with E-state index >= 15 is 0 Å². The van der Waals surface area contributed by atoms with Crippen molar-refractivity contribution in [2.24, 2.45) is 0 Å². The molecule has 0 atom stereocenters. The quantitative estimate of drug-likeness (QED) is 0.742. The zero-order chi connectivity index (χ0) is 16.9. The van der Waals surface area contributed by atoms with Gasteiger partial charge >= 0.3 is 0 Å². The highest BCUT2D eigenvalue weighted by molar-refractivity contribution is 6.30. The average molecular weight is 342 g/mol. The summed E-state index contributed by atoms with van der Waals surface area (Å²) in [7, 11) is 1.62. The number of nitrogens with one attached hydrogen (secondary N) is 1. The van der Waals surface area contributed by atoms with Gasteiger partial charge in [-0.2, -0.15) is 0 Å². The lowest BCUT2D eigenvalue weighted by Gasteiger charge is -2.12. The van der Waals surface area contributed by atoms with Crippen LogP contribution in [0.5, 0.6) is 11.5 Å². The van der Waals surface area contributed by atoms with Gasteiger partial charge in [-0.25, -0.2) is 0 Å². The minimum absolute atomic E-state index is 0.0814. The standard InChI is InChI=1S/C19H16ClNO3/c1-23-18-11-10-17(15-4-2-3-5-16(15)18)21-19(22)12-24-14-8-6-13(20)7-9-14/h2-11H,12H2,1H3,(H,21,22). The monoisotopic (exact) mass is 341 g/mol. The Morgan fingerprint density at radius 1 is 1.00 bits per heavy atom. The molecule has 3 rings (SSSR count). The molecule has 0 aliphatic heterocycles. The summed E-state index contributed by atoms with van der Waals surface area (Å²) in [6.07, 6.45) is 0. The second kappa shape index (κ2) is 7.23. The number of anilines is 1. The van der Waals surface area contributed by atoms with Gasteiger partial charge in [0.05, 0.1) is 7.11 Å². The molecule has 0 heterocycles. The molecule has 1 N–H and O–H groups in total. The highest BCUT2D eigenvalue weighted by atomic mass is 35.5. The Labute approximate surface area is 145 Å². The maximum Gasteiger partial charge on any atom is 0.262 e. The Balaban J connectivity index is 1.72. The molecule has 0 saturated heterocycles. The van der Waals surface area contributed by atoms with E-state index in [0.29, 0.717) is 10.8 Å². The van der Waals surface area contributed by atoms with E-state index in [0.717, 1.165) is 22.2 Å². The molecule has 24 heavy (non-hydrogen) atoms. The van der Waals surface area contributed by atoms with Crippen LogP contribution >= 0.6 is 11.6 Å². The molecular formula is C19H16ClNO3. The summed E-state index contributed by atoms with van der Waals surface area (Å²) in [5.74, 6) is 1.12. The molecule has 1 amide bonds. The van der Waals surface area contributed by atoms with Crippen LogP contribution in [0.2, 0.25) is 5.02 Å². The second-order valence-electron chi connectivity index (χ2n) is 5.15. The Morgan fingerprint density at radius 3 is 2.42 bits per heavy atom. The van der Waals surface area contributed by atoms with E-state index in [1.54, 1.807) is 31.4 Å². The molecule has 3 aromatic rings. The lowest BCUT2D eigenvalue weighted by molar-refractivity contribution is -0.118. The van der Waals surface area contributed by atoms with Crippen molar-refractivity contribution in [1.29, 1.82) is 0 Å². The SMILES string of the molecule is COc1ccc(NC(=O)COc2ccc(Cl)cc2)c2ccccc12. The fourth-order valence-electron chi connectivity index (χ4n) is 2.42. The van der Waals surface area contributed by atoms with E-state index in [2.05, 4.69) is 5.32 Å². The summed E-state index contributed by atoms with van der Waals surface area (Å²) in [5, 5.41) is 5.35. The molecule has 3 aromatic carbocycles. The van der Waals surface area contributed by atoms with E-state index < -0.39 is 0 Å². The highest BCUT2D eigenvalue weighted by Gasteiger charge is 2.09. The predicted octanol–water partition coefficient (Wildman–Crippen LogP) is 4.52. The van der Waals surface area contributed by atoms with Gasteiger partial charge in [0.1, 0.15) is 11.5 Å². The first-order valence-corrected chi connectivity index (χ1v) is 7.79. The largest absolute Gasteiger partial charge is 0.496 e. The van der Waals surface area contributed by atoms with Crippen LogP contribution in [-0.2, 0) is 4.79 Å². The first-order valence-electron chi connectivity index (χ1n) is 7.41. The van der Waals surface area contributed by atoms with Crippen LogP contribution < -0.4 is 14.8 Å². The number of amides is 1. The van der Waals surface area contributed by atoms with Gasteiger partial charge in [0, 0.05) is 21.5 Å². The number of halogens is 1. The van der Waals surface area contributed by atoms with Crippen LogP contribution in [0.15, 0.2) is 60.7 Å². The number of methoxy groups -OCH3 is 1. The second-order valence-corrected chi connectivity index (χ2v) is 5.59. The van der Waals surface area contributed by atoms with Gasteiger partial charge in [0.15, 0.2) is 6.61 Å². The molecule has 0 aliphatic rings. The maximum absolute atomic E-state index is 12.2. The number of ether oxygens (including phenoxy) is 2. The van der Waals surface area contributed by atoms with Crippen molar-refractivity contribution in [2.45, 2.75) is 0 Å². The number of carbonyl (C=O) groups excluding carboxylic acids is 1. The summed E-state index contributed by atoms with van der Waals surface area (Å²) < 4.78 is 10.8. The Kier molecular flexibility index (Phi) is 4.87. The summed E-state index contributed by atoms with van der Waals surface area (Å²) in [6, 6.07) is 18.3. The molecule has 0 aliphatic carbocycles. The minimum atomic E-state index is -0.236. The number of carbonyl (C=O) groups is 1. The van der Waals surface area contributed by atoms with E-state index in [4.69, 9.17) is 21.1 Å². The summed E-state index contributed by atoms with van der Waals surface area (Å²) in [5.41, 5.74) is 0.719. The predicted molar refractivity (Wildman–Crippen MR) is 96.1 cm³/mol. The van der Waals surface area contributed by atoms with Gasteiger partial charge < -0.3 is 14.8 Å². The molecule has 0 spiro atoms. The lowest BCUT2D eigenvalue weighted by Crippen LogP contribution is -2.20. The van der Waals surface area contributed by atoms with Gasteiger partial charge in [-0.05, 0) is 36.4 Å². The van der Waals surface area contributed by atoms with Crippen molar-refractivity contribution in [2.75, 3.05) is 19.0 Å². The third-order valence-electron chi connectivity index (χ3n) is 3.56. The molecule has 0 unspecified atom stereocenters. The zero-order valence-electron chi connectivity index (χ0n) is 13.1. The van der Waals surface area contributed by atoms with Crippen molar-refractivity contribution >= 4 is 34.0 Å². The number of rotatable bonds is 5. The van der Waals surface area contributed by atoms with Crippen LogP contribution in [0.4, 0.5) is 5.69 Å². The average Bonchev–Trinajstić information content (AvgIpc) is 2.61. The maximum atomic E-state index is 12.2. The molecule has 0 bridgehead atoms. The normalized spacial score (nSPS) is 10.4. The molecule has 0 saturated carbocycles. The van der Waals surface area contributed by atoms with Crippen molar-refractivity contribution in [1.82, 2.24) is 0 Å². The van der Waals surface area contributed by atoms with E-state index in [9.17, 15) is 4.79 Å². The van der Waals surface area contributed by atoms with E-state index in [1.807, 2.05) is 36.4 Å². The third-order valence-corrected chi connectivity index (χ3v) is 3.81. The smallest absolute Gasteiger partial charge is 0.262 e. The first kappa shape index (κ1) is 16.1. The molecule has 5 heteroatoms. The molecule has 4 nitrogen and oxygen atoms in total. The zero-order valence-corrected chi connectivity index (χ0v) is 13.8. The van der Waals surface area contributed by atoms with E-state index in [-0.39, 0.29) is 12.5 Å². The van der Waals surface area contributed by atoms with Gasteiger partial charge in [-0.15, -0.1) is 0 Å². The first-order chi connectivity index (χ1) is 11.7. The van der Waals surface area contributed by atoms with Gasteiger partial charge in [-0.1, -0.05) is 35.9 Å². The van der Waals surface area contributed by atoms with Gasteiger partial charge in [-0.3, -0.25) is 4.79 Å². The number of benzene rings is 3. The minimum Gasteiger partial charge on any atom is -0.496 e. The van der Waals surface area contributed by atoms with Gasteiger partial charge in [0.2, 0.25) is 0 Å². The number of fused-ring (bicyclic) bond motifs is 1. The van der Waals surface area contributed by atoms with Crippen LogP contribution in [-0.4, -0.2) is 19.6 Å². The number of hydrogen-bond acceptors (Lipinski definition) is 3. The van der Waals surface area contributed by atoms with Crippen molar-refractivity contribution in [3.63, 3.8) is 0 Å². The fourth-order valence-corrected chi connectivity index (χ4v) is 2.55. The third kappa shape index (κ3) is 3.60. The molecule has 0 radical (unpaired) electrons. The van der Waals surface area contributed by atoms with E-state index in [1.165, 1.54) is 0 Å². The molecule has 0 fully saturated rings.